The van der Waals surface area contributed by atoms with Gasteiger partial charge in [-0.2, -0.15) is 0 Å². The van der Waals surface area contributed by atoms with Gasteiger partial charge in [-0.3, -0.25) is 0 Å². The fraction of sp³-hybridized carbons (Fsp3) is 0.688. The summed E-state index contributed by atoms with van der Waals surface area (Å²) >= 11 is 0. The van der Waals surface area contributed by atoms with Crippen LogP contribution in [0.15, 0.2) is 18.3 Å². The van der Waals surface area contributed by atoms with Crippen molar-refractivity contribution >= 4 is 5.82 Å². The van der Waals surface area contributed by atoms with Crippen LogP contribution in [-0.2, 0) is 6.54 Å². The summed E-state index contributed by atoms with van der Waals surface area (Å²) in [6.45, 7) is 6.31. The molecule has 0 saturated heterocycles. The molecule has 0 aliphatic heterocycles. The quantitative estimate of drug-likeness (QED) is 0.765. The van der Waals surface area contributed by atoms with Crippen LogP contribution in [0.1, 0.15) is 45.1 Å². The number of hydrogen-bond donors (Lipinski definition) is 2. The molecule has 1 aliphatic carbocycles. The largest absolute Gasteiger partial charge is 0.396 e. The minimum Gasteiger partial charge on any atom is -0.396 e. The fourth-order valence-electron chi connectivity index (χ4n) is 2.54. The number of nitrogens with zero attached hydrogens (tertiary/aromatic N) is 2. The number of hydrogen-bond acceptors (Lipinski definition) is 4. The highest BCUT2D eigenvalue weighted by Gasteiger charge is 2.26. The molecule has 2 rings (SSSR count). The summed E-state index contributed by atoms with van der Waals surface area (Å²) in [5, 5.41) is 12.6. The molecule has 0 amide bonds. The Hall–Kier alpha value is -1.13. The Morgan fingerprint density at radius 3 is 2.85 bits per heavy atom. The Morgan fingerprint density at radius 1 is 1.45 bits per heavy atom. The zero-order valence-electron chi connectivity index (χ0n) is 12.7. The minimum atomic E-state index is 0.246. The Bertz CT molecular complexity index is 404. The number of anilines is 1. The number of aliphatic hydroxyl groups is 1. The molecule has 1 aromatic heterocycles. The van der Waals surface area contributed by atoms with Gasteiger partial charge in [-0.05, 0) is 31.7 Å². The predicted octanol–water partition coefficient (Wildman–Crippen LogP) is 2.32. The molecular formula is C16H27N3O. The summed E-state index contributed by atoms with van der Waals surface area (Å²) < 4.78 is 0. The van der Waals surface area contributed by atoms with E-state index in [0.29, 0.717) is 12.1 Å². The van der Waals surface area contributed by atoms with E-state index < -0.39 is 0 Å². The number of aliphatic hydroxyl groups excluding tert-OH is 1. The normalized spacial score (nSPS) is 15.4. The molecule has 20 heavy (non-hydrogen) atoms. The fourth-order valence-corrected chi connectivity index (χ4v) is 2.54. The van der Waals surface area contributed by atoms with Crippen molar-refractivity contribution in [2.75, 3.05) is 18.1 Å². The Labute approximate surface area is 122 Å². The Kier molecular flexibility index (Phi) is 5.80. The highest BCUT2D eigenvalue weighted by atomic mass is 16.3. The van der Waals surface area contributed by atoms with Crippen LogP contribution in [0, 0.1) is 0 Å². The minimum absolute atomic E-state index is 0.246. The molecule has 4 heteroatoms. The molecule has 112 valence electrons. The van der Waals surface area contributed by atoms with Gasteiger partial charge >= 0.3 is 0 Å². The Balaban J connectivity index is 2.13. The maximum Gasteiger partial charge on any atom is 0.133 e. The van der Waals surface area contributed by atoms with Gasteiger partial charge in [0.15, 0.2) is 0 Å². The van der Waals surface area contributed by atoms with Gasteiger partial charge in [0, 0.05) is 43.5 Å². The SMILES string of the molecule is CC(C)NCc1cccnc1N(CCCO)C1CCC1. The summed E-state index contributed by atoms with van der Waals surface area (Å²) in [4.78, 5) is 7.02. The van der Waals surface area contributed by atoms with Gasteiger partial charge in [0.1, 0.15) is 5.82 Å². The first kappa shape index (κ1) is 15.3. The predicted molar refractivity (Wildman–Crippen MR) is 82.9 cm³/mol. The van der Waals surface area contributed by atoms with Crippen molar-refractivity contribution in [3.63, 3.8) is 0 Å². The lowest BCUT2D eigenvalue weighted by Gasteiger charge is -2.39. The average Bonchev–Trinajstić information content (AvgIpc) is 2.39. The van der Waals surface area contributed by atoms with Gasteiger partial charge in [-0.25, -0.2) is 4.98 Å². The second-order valence-electron chi connectivity index (χ2n) is 5.88. The van der Waals surface area contributed by atoms with E-state index in [4.69, 9.17) is 5.11 Å². The molecule has 0 bridgehead atoms. The maximum absolute atomic E-state index is 9.12. The van der Waals surface area contributed by atoms with E-state index in [0.717, 1.165) is 25.3 Å². The molecule has 0 unspecified atom stereocenters. The second-order valence-corrected chi connectivity index (χ2v) is 5.88. The summed E-state index contributed by atoms with van der Waals surface area (Å²) in [6.07, 6.45) is 6.49. The van der Waals surface area contributed by atoms with E-state index in [1.54, 1.807) is 0 Å². The molecular weight excluding hydrogens is 250 g/mol. The lowest BCUT2D eigenvalue weighted by molar-refractivity contribution is 0.282. The standard InChI is InChI=1S/C16H27N3O/c1-13(2)18-12-14-6-4-9-17-16(14)19(10-5-11-20)15-7-3-8-15/h4,6,9,13,15,18,20H,3,5,7-8,10-12H2,1-2H3. The molecule has 0 spiro atoms. The van der Waals surface area contributed by atoms with E-state index in [1.807, 2.05) is 12.3 Å². The van der Waals surface area contributed by atoms with Gasteiger partial charge in [-0.15, -0.1) is 0 Å². The summed E-state index contributed by atoms with van der Waals surface area (Å²) in [7, 11) is 0. The van der Waals surface area contributed by atoms with Crippen molar-refractivity contribution in [1.82, 2.24) is 10.3 Å². The highest BCUT2D eigenvalue weighted by Crippen LogP contribution is 2.30. The van der Waals surface area contributed by atoms with Crippen LogP contribution in [0.4, 0.5) is 5.82 Å². The number of pyridine rings is 1. The molecule has 0 radical (unpaired) electrons. The first-order valence-corrected chi connectivity index (χ1v) is 7.77. The summed E-state index contributed by atoms with van der Waals surface area (Å²) in [6, 6.07) is 5.24. The first-order valence-electron chi connectivity index (χ1n) is 7.77. The molecule has 1 saturated carbocycles. The summed E-state index contributed by atoms with van der Waals surface area (Å²) in [5.74, 6) is 1.10. The topological polar surface area (TPSA) is 48.4 Å². The van der Waals surface area contributed by atoms with Crippen LogP contribution in [-0.4, -0.2) is 35.3 Å². The monoisotopic (exact) mass is 277 g/mol. The zero-order chi connectivity index (χ0) is 14.4. The molecule has 0 aromatic carbocycles. The molecule has 4 nitrogen and oxygen atoms in total. The van der Waals surface area contributed by atoms with Crippen molar-refractivity contribution in [3.8, 4) is 0 Å². The van der Waals surface area contributed by atoms with E-state index in [-0.39, 0.29) is 6.61 Å². The van der Waals surface area contributed by atoms with Crippen LogP contribution >= 0.6 is 0 Å². The highest BCUT2D eigenvalue weighted by molar-refractivity contribution is 5.48. The van der Waals surface area contributed by atoms with Crippen molar-refractivity contribution < 1.29 is 5.11 Å². The van der Waals surface area contributed by atoms with Crippen LogP contribution in [0.25, 0.3) is 0 Å². The maximum atomic E-state index is 9.12. The number of nitrogens with one attached hydrogen (secondary N) is 1. The van der Waals surface area contributed by atoms with E-state index >= 15 is 0 Å². The van der Waals surface area contributed by atoms with Crippen LogP contribution < -0.4 is 10.2 Å². The third kappa shape index (κ3) is 3.93. The van der Waals surface area contributed by atoms with E-state index in [1.165, 1.54) is 24.8 Å². The number of aromatic nitrogens is 1. The van der Waals surface area contributed by atoms with Crippen molar-refractivity contribution in [1.29, 1.82) is 0 Å². The third-order valence-electron chi connectivity index (χ3n) is 3.91. The molecule has 0 atom stereocenters. The molecule has 1 aliphatic rings. The second kappa shape index (κ2) is 7.60. The van der Waals surface area contributed by atoms with Crippen molar-refractivity contribution in [3.05, 3.63) is 23.9 Å². The zero-order valence-corrected chi connectivity index (χ0v) is 12.7. The molecule has 1 heterocycles. The first-order chi connectivity index (χ1) is 9.72. The lowest BCUT2D eigenvalue weighted by Crippen LogP contribution is -2.42. The summed E-state index contributed by atoms with van der Waals surface area (Å²) in [5.41, 5.74) is 1.26. The van der Waals surface area contributed by atoms with Crippen molar-refractivity contribution in [2.45, 2.75) is 58.2 Å². The van der Waals surface area contributed by atoms with Gasteiger partial charge < -0.3 is 15.3 Å². The lowest BCUT2D eigenvalue weighted by atomic mass is 9.91. The third-order valence-corrected chi connectivity index (χ3v) is 3.91. The molecule has 1 aromatic rings. The van der Waals surface area contributed by atoms with Crippen LogP contribution in [0.2, 0.25) is 0 Å². The number of rotatable bonds is 8. The van der Waals surface area contributed by atoms with Gasteiger partial charge in [0.05, 0.1) is 0 Å². The average molecular weight is 277 g/mol. The van der Waals surface area contributed by atoms with Gasteiger partial charge in [0.2, 0.25) is 0 Å². The van der Waals surface area contributed by atoms with Crippen LogP contribution in [0.5, 0.6) is 0 Å². The van der Waals surface area contributed by atoms with E-state index in [9.17, 15) is 0 Å². The smallest absolute Gasteiger partial charge is 0.133 e. The van der Waals surface area contributed by atoms with E-state index in [2.05, 4.69) is 35.1 Å². The van der Waals surface area contributed by atoms with Gasteiger partial charge in [0.25, 0.3) is 0 Å². The Morgan fingerprint density at radius 2 is 2.25 bits per heavy atom. The van der Waals surface area contributed by atoms with Crippen LogP contribution in [0.3, 0.4) is 0 Å². The van der Waals surface area contributed by atoms with Crippen molar-refractivity contribution in [2.24, 2.45) is 0 Å². The molecule has 2 N–H and O–H groups in total. The van der Waals surface area contributed by atoms with Gasteiger partial charge in [-0.1, -0.05) is 19.9 Å². The molecule has 1 fully saturated rings.